The molecule has 1 aliphatic rings. The maximum Gasteiger partial charge on any atom is 0.412 e. The van der Waals surface area contributed by atoms with E-state index in [4.69, 9.17) is 4.74 Å². The van der Waals surface area contributed by atoms with Gasteiger partial charge in [-0.05, 0) is 18.6 Å². The van der Waals surface area contributed by atoms with Crippen LogP contribution in [0.15, 0.2) is 18.2 Å². The van der Waals surface area contributed by atoms with E-state index in [1.54, 1.807) is 13.8 Å². The highest BCUT2D eigenvalue weighted by Crippen LogP contribution is 2.42. The van der Waals surface area contributed by atoms with Crippen LogP contribution in [0.4, 0.5) is 37.7 Å². The maximum atomic E-state index is 13.1. The number of anilines is 2. The van der Waals surface area contributed by atoms with Crippen molar-refractivity contribution in [1.29, 1.82) is 0 Å². The fourth-order valence-electron chi connectivity index (χ4n) is 2.49. The number of benzene rings is 1. The van der Waals surface area contributed by atoms with Crippen LogP contribution in [0.3, 0.4) is 0 Å². The molecule has 1 heterocycles. The van der Waals surface area contributed by atoms with Gasteiger partial charge < -0.3 is 15.0 Å². The Kier molecular flexibility index (Phi) is 5.58. The van der Waals surface area contributed by atoms with Gasteiger partial charge in [-0.3, -0.25) is 4.79 Å². The van der Waals surface area contributed by atoms with Crippen molar-refractivity contribution in [3.63, 3.8) is 0 Å². The molecule has 0 aromatic heterocycles. The summed E-state index contributed by atoms with van der Waals surface area (Å²) in [5.74, 6) is -0.465. The van der Waals surface area contributed by atoms with Gasteiger partial charge in [-0.1, -0.05) is 20.8 Å². The first-order chi connectivity index (χ1) is 12.2. The second-order valence-electron chi connectivity index (χ2n) is 6.99. The van der Waals surface area contributed by atoms with Crippen LogP contribution in [0, 0.1) is 5.41 Å². The zero-order valence-corrected chi connectivity index (χ0v) is 15.0. The molecule has 0 saturated carbocycles. The average Bonchev–Trinajstić information content (AvgIpc) is 2.52. The third-order valence-electron chi connectivity index (χ3n) is 4.53. The summed E-state index contributed by atoms with van der Waals surface area (Å²) in [5.41, 5.74) is -0.771. The van der Waals surface area contributed by atoms with E-state index < -0.39 is 37.0 Å². The molecule has 1 amide bonds. The Balaban J connectivity index is 2.34. The van der Waals surface area contributed by atoms with Gasteiger partial charge in [-0.15, -0.1) is 0 Å². The van der Waals surface area contributed by atoms with E-state index in [1.165, 1.54) is 12.1 Å². The number of hydrogen-bond donors (Lipinski definition) is 1. The molecule has 0 aliphatic carbocycles. The summed E-state index contributed by atoms with van der Waals surface area (Å²) in [7, 11) is 0. The van der Waals surface area contributed by atoms with Crippen LogP contribution >= 0.6 is 0 Å². The number of carbonyl (C=O) groups excluding carboxylic acids is 1. The molecule has 27 heavy (non-hydrogen) atoms. The van der Waals surface area contributed by atoms with Crippen molar-refractivity contribution >= 4 is 17.3 Å². The molecule has 1 atom stereocenters. The first-order valence-corrected chi connectivity index (χ1v) is 8.23. The molecule has 0 fully saturated rings. The molecule has 1 aromatic carbocycles. The Bertz CT molecular complexity index is 700. The minimum atomic E-state index is -4.89. The molecular formula is C17H20F6N2O2. The standard InChI is InChI=1S/C17H20F6N2O2/c1-4-15(2,3)14(26)24-10-5-6-11-12(7-10)27-8-13(17(21,22)23)25(11)9-16(18,19)20/h5-7,13H,4,8-9H2,1-3H3,(H,24,26). The summed E-state index contributed by atoms with van der Waals surface area (Å²) in [6, 6.07) is 1.17. The molecule has 10 heteroatoms. The molecule has 0 saturated heterocycles. The van der Waals surface area contributed by atoms with Gasteiger partial charge in [0.15, 0.2) is 6.04 Å². The normalized spacial score (nSPS) is 18.0. The van der Waals surface area contributed by atoms with E-state index in [0.717, 1.165) is 6.07 Å². The zero-order valence-electron chi connectivity index (χ0n) is 15.0. The zero-order chi connectivity index (χ0) is 20.6. The van der Waals surface area contributed by atoms with Crippen molar-refractivity contribution in [3.8, 4) is 5.75 Å². The van der Waals surface area contributed by atoms with E-state index in [9.17, 15) is 31.1 Å². The summed E-state index contributed by atoms with van der Waals surface area (Å²) in [6.07, 6.45) is -9.16. The first kappa shape index (κ1) is 21.2. The van der Waals surface area contributed by atoms with Crippen molar-refractivity contribution < 1.29 is 35.9 Å². The molecule has 1 N–H and O–H groups in total. The van der Waals surface area contributed by atoms with E-state index in [-0.39, 0.29) is 27.9 Å². The fourth-order valence-corrected chi connectivity index (χ4v) is 2.49. The predicted octanol–water partition coefficient (Wildman–Crippen LogP) is 4.75. The van der Waals surface area contributed by atoms with E-state index in [1.807, 2.05) is 6.92 Å². The maximum absolute atomic E-state index is 13.1. The number of halogens is 6. The Morgan fingerprint density at radius 3 is 2.37 bits per heavy atom. The number of nitrogens with one attached hydrogen (secondary N) is 1. The topological polar surface area (TPSA) is 41.6 Å². The van der Waals surface area contributed by atoms with Gasteiger partial charge in [0.1, 0.15) is 18.9 Å². The van der Waals surface area contributed by atoms with Crippen LogP contribution in [-0.4, -0.2) is 37.5 Å². The van der Waals surface area contributed by atoms with Gasteiger partial charge in [-0.25, -0.2) is 0 Å². The predicted molar refractivity (Wildman–Crippen MR) is 87.9 cm³/mol. The summed E-state index contributed by atoms with van der Waals surface area (Å²) >= 11 is 0. The van der Waals surface area contributed by atoms with Gasteiger partial charge in [0, 0.05) is 17.2 Å². The van der Waals surface area contributed by atoms with Gasteiger partial charge in [0.25, 0.3) is 0 Å². The van der Waals surface area contributed by atoms with Crippen molar-refractivity contribution in [3.05, 3.63) is 18.2 Å². The Morgan fingerprint density at radius 2 is 1.85 bits per heavy atom. The fraction of sp³-hybridized carbons (Fsp3) is 0.588. The molecule has 0 spiro atoms. The van der Waals surface area contributed by atoms with Gasteiger partial charge in [0.05, 0.1) is 5.69 Å². The lowest BCUT2D eigenvalue weighted by Gasteiger charge is -2.39. The quantitative estimate of drug-likeness (QED) is 0.744. The molecular weight excluding hydrogens is 378 g/mol. The van der Waals surface area contributed by atoms with Crippen molar-refractivity contribution in [1.82, 2.24) is 0 Å². The summed E-state index contributed by atoms with van der Waals surface area (Å²) in [4.78, 5) is 12.4. The van der Waals surface area contributed by atoms with E-state index in [2.05, 4.69) is 5.32 Å². The molecule has 1 unspecified atom stereocenters. The second kappa shape index (κ2) is 7.12. The number of nitrogens with zero attached hydrogens (tertiary/aromatic N) is 1. The number of amides is 1. The van der Waals surface area contributed by atoms with Gasteiger partial charge in [0.2, 0.25) is 5.91 Å². The van der Waals surface area contributed by atoms with Crippen LogP contribution in [0.25, 0.3) is 0 Å². The molecule has 1 aliphatic heterocycles. The highest BCUT2D eigenvalue weighted by atomic mass is 19.4. The third-order valence-corrected chi connectivity index (χ3v) is 4.53. The first-order valence-electron chi connectivity index (χ1n) is 8.23. The van der Waals surface area contributed by atoms with Crippen LogP contribution < -0.4 is 15.0 Å². The number of carbonyl (C=O) groups is 1. The van der Waals surface area contributed by atoms with E-state index in [0.29, 0.717) is 6.42 Å². The lowest BCUT2D eigenvalue weighted by atomic mass is 9.89. The van der Waals surface area contributed by atoms with E-state index >= 15 is 0 Å². The molecule has 152 valence electrons. The molecule has 0 bridgehead atoms. The van der Waals surface area contributed by atoms with Crippen molar-refractivity contribution in [2.24, 2.45) is 5.41 Å². The lowest BCUT2D eigenvalue weighted by molar-refractivity contribution is -0.166. The van der Waals surface area contributed by atoms with Crippen LogP contribution in [0.1, 0.15) is 27.2 Å². The smallest absolute Gasteiger partial charge is 0.412 e. The monoisotopic (exact) mass is 398 g/mol. The second-order valence-corrected chi connectivity index (χ2v) is 6.99. The molecule has 2 rings (SSSR count). The number of rotatable bonds is 4. The Labute approximate surface area is 152 Å². The number of fused-ring (bicyclic) bond motifs is 1. The Hall–Kier alpha value is -2.13. The molecule has 1 aromatic rings. The number of alkyl halides is 6. The summed E-state index contributed by atoms with van der Waals surface area (Å²) in [6.45, 7) is 2.53. The highest BCUT2D eigenvalue weighted by Gasteiger charge is 2.50. The lowest BCUT2D eigenvalue weighted by Crippen LogP contribution is -2.54. The minimum absolute atomic E-state index is 0.146. The number of hydrogen-bond acceptors (Lipinski definition) is 3. The highest BCUT2D eigenvalue weighted by molar-refractivity contribution is 5.95. The van der Waals surface area contributed by atoms with Gasteiger partial charge in [-0.2, -0.15) is 26.3 Å². The SMILES string of the molecule is CCC(C)(C)C(=O)Nc1ccc2c(c1)OCC(C(F)(F)F)N2CC(F)(F)F. The Morgan fingerprint density at radius 1 is 1.22 bits per heavy atom. The van der Waals surface area contributed by atoms with Crippen LogP contribution in [-0.2, 0) is 4.79 Å². The van der Waals surface area contributed by atoms with Gasteiger partial charge >= 0.3 is 12.4 Å². The van der Waals surface area contributed by atoms with Crippen LogP contribution in [0.2, 0.25) is 0 Å². The molecule has 0 radical (unpaired) electrons. The summed E-state index contributed by atoms with van der Waals surface area (Å²) < 4.78 is 82.9. The van der Waals surface area contributed by atoms with Crippen molar-refractivity contribution in [2.45, 2.75) is 45.6 Å². The van der Waals surface area contributed by atoms with Crippen molar-refractivity contribution in [2.75, 3.05) is 23.4 Å². The van der Waals surface area contributed by atoms with Crippen LogP contribution in [0.5, 0.6) is 5.75 Å². The number of ether oxygens (including phenoxy) is 1. The largest absolute Gasteiger partial charge is 0.489 e. The summed E-state index contributed by atoms with van der Waals surface area (Å²) in [5, 5.41) is 2.61. The minimum Gasteiger partial charge on any atom is -0.489 e. The molecule has 4 nitrogen and oxygen atoms in total. The average molecular weight is 398 g/mol. The third kappa shape index (κ3) is 4.98.